The van der Waals surface area contributed by atoms with Gasteiger partial charge < -0.3 is 19.2 Å². The van der Waals surface area contributed by atoms with Crippen LogP contribution in [0, 0.1) is 11.3 Å². The van der Waals surface area contributed by atoms with Crippen molar-refractivity contribution < 1.29 is 27.1 Å². The van der Waals surface area contributed by atoms with Gasteiger partial charge in [0.1, 0.15) is 23.2 Å². The van der Waals surface area contributed by atoms with Crippen LogP contribution in [0.4, 0.5) is 0 Å². The molecule has 0 aliphatic carbocycles. The van der Waals surface area contributed by atoms with Crippen LogP contribution in [0.25, 0.3) is 6.08 Å². The largest absolute Gasteiger partial charge is 0.493 e. The Balaban J connectivity index is 1.47. The van der Waals surface area contributed by atoms with Crippen molar-refractivity contribution >= 4 is 45.2 Å². The zero-order valence-corrected chi connectivity index (χ0v) is 26.2. The zero-order valence-electron chi connectivity index (χ0n) is 23.9. The highest BCUT2D eigenvalue weighted by Crippen LogP contribution is 2.28. The molecule has 1 aromatic heterocycles. The number of amides is 1. The number of nitrogens with zero attached hydrogens (tertiary/aromatic N) is 2. The standard InChI is InChI=1S/C32H29Cl2N3O6S/c1-41-30-14-5-22(17-31(30)42-2)15-16-36-32(38)24(19-35)18-27-10-11-28(43-27)21-37(20-23-3-6-25(33)7-4-23)44(39,40)29-12-8-26(34)9-13-29/h3-14,17-18H,15-16,20-21H2,1-2H3,(H,36,38)/b24-18-. The first kappa shape index (κ1) is 32.6. The van der Waals surface area contributed by atoms with Crippen LogP contribution >= 0.6 is 23.2 Å². The molecule has 1 amide bonds. The Labute approximate surface area is 266 Å². The number of furan rings is 1. The molecule has 1 heterocycles. The molecule has 4 rings (SSSR count). The van der Waals surface area contributed by atoms with Crippen molar-refractivity contribution in [2.75, 3.05) is 20.8 Å². The second-order valence-corrected chi connectivity index (χ2v) is 12.3. The van der Waals surface area contributed by atoms with Crippen LogP contribution in [0.15, 0.2) is 93.7 Å². The normalized spacial score (nSPS) is 11.7. The molecule has 228 valence electrons. The number of carbonyl (C=O) groups is 1. The van der Waals surface area contributed by atoms with Crippen molar-refractivity contribution in [1.29, 1.82) is 5.26 Å². The van der Waals surface area contributed by atoms with Crippen molar-refractivity contribution in [1.82, 2.24) is 9.62 Å². The van der Waals surface area contributed by atoms with Gasteiger partial charge in [0.2, 0.25) is 10.0 Å². The predicted molar refractivity (Wildman–Crippen MR) is 168 cm³/mol. The zero-order chi connectivity index (χ0) is 31.7. The van der Waals surface area contributed by atoms with E-state index in [-0.39, 0.29) is 35.9 Å². The molecular formula is C32H29Cl2N3O6S. The summed E-state index contributed by atoms with van der Waals surface area (Å²) in [5.41, 5.74) is 1.47. The molecule has 1 N–H and O–H groups in total. The summed E-state index contributed by atoms with van der Waals surface area (Å²) < 4.78 is 44.9. The molecule has 0 atom stereocenters. The van der Waals surface area contributed by atoms with Crippen molar-refractivity contribution in [2.45, 2.75) is 24.4 Å². The second kappa shape index (κ2) is 14.9. The first-order chi connectivity index (χ1) is 21.1. The number of sulfonamides is 1. The van der Waals surface area contributed by atoms with Crippen LogP contribution < -0.4 is 14.8 Å². The molecule has 0 aliphatic rings. The minimum Gasteiger partial charge on any atom is -0.493 e. The number of nitrogens with one attached hydrogen (secondary N) is 1. The molecule has 0 saturated carbocycles. The molecule has 0 bridgehead atoms. The van der Waals surface area contributed by atoms with Gasteiger partial charge in [-0.05, 0) is 78.2 Å². The van der Waals surface area contributed by atoms with E-state index in [2.05, 4.69) is 5.32 Å². The number of ether oxygens (including phenoxy) is 2. The Morgan fingerprint density at radius 2 is 1.55 bits per heavy atom. The fourth-order valence-electron chi connectivity index (χ4n) is 4.25. The maximum atomic E-state index is 13.6. The first-order valence-electron chi connectivity index (χ1n) is 13.3. The van der Waals surface area contributed by atoms with Crippen LogP contribution in [-0.2, 0) is 34.3 Å². The Hall–Kier alpha value is -4.27. The molecule has 0 spiro atoms. The summed E-state index contributed by atoms with van der Waals surface area (Å²) in [6, 6.07) is 23.3. The highest BCUT2D eigenvalue weighted by molar-refractivity contribution is 7.89. The van der Waals surface area contributed by atoms with Gasteiger partial charge >= 0.3 is 0 Å². The summed E-state index contributed by atoms with van der Waals surface area (Å²) in [5.74, 6) is 1.15. The van der Waals surface area contributed by atoms with E-state index in [0.29, 0.717) is 33.7 Å². The van der Waals surface area contributed by atoms with Gasteiger partial charge in [-0.25, -0.2) is 8.42 Å². The van der Waals surface area contributed by atoms with Crippen molar-refractivity contribution in [3.05, 3.63) is 117 Å². The SMILES string of the molecule is COc1ccc(CCNC(=O)/C(C#N)=C\c2ccc(CN(Cc3ccc(Cl)cc3)S(=O)(=O)c3ccc(Cl)cc3)o2)cc1OC. The number of halogens is 2. The van der Waals surface area contributed by atoms with E-state index >= 15 is 0 Å². The maximum absolute atomic E-state index is 13.6. The highest BCUT2D eigenvalue weighted by atomic mass is 35.5. The van der Waals surface area contributed by atoms with Gasteiger partial charge in [-0.1, -0.05) is 41.4 Å². The third-order valence-electron chi connectivity index (χ3n) is 6.54. The van der Waals surface area contributed by atoms with Gasteiger partial charge in [0, 0.05) is 29.2 Å². The minimum atomic E-state index is -3.96. The number of hydrogen-bond donors (Lipinski definition) is 1. The number of nitriles is 1. The third-order valence-corrected chi connectivity index (χ3v) is 8.85. The summed E-state index contributed by atoms with van der Waals surface area (Å²) in [6.45, 7) is 0.208. The average Bonchev–Trinajstić information content (AvgIpc) is 3.47. The third kappa shape index (κ3) is 8.42. The molecule has 4 aromatic rings. The summed E-state index contributed by atoms with van der Waals surface area (Å²) in [6.07, 6.45) is 1.81. The van der Waals surface area contributed by atoms with E-state index in [1.807, 2.05) is 18.2 Å². The highest BCUT2D eigenvalue weighted by Gasteiger charge is 2.26. The molecule has 0 fully saturated rings. The van der Waals surface area contributed by atoms with Crippen LogP contribution in [0.5, 0.6) is 11.5 Å². The van der Waals surface area contributed by atoms with Gasteiger partial charge in [-0.15, -0.1) is 0 Å². The fourth-order valence-corrected chi connectivity index (χ4v) is 5.89. The summed E-state index contributed by atoms with van der Waals surface area (Å²) in [7, 11) is -0.866. The van der Waals surface area contributed by atoms with E-state index in [9.17, 15) is 18.5 Å². The lowest BCUT2D eigenvalue weighted by atomic mass is 10.1. The molecule has 3 aromatic carbocycles. The monoisotopic (exact) mass is 653 g/mol. The topological polar surface area (TPSA) is 122 Å². The van der Waals surface area contributed by atoms with Crippen molar-refractivity contribution in [3.63, 3.8) is 0 Å². The van der Waals surface area contributed by atoms with Crippen LogP contribution in [0.1, 0.15) is 22.6 Å². The Kier molecular flexibility index (Phi) is 11.1. The number of rotatable bonds is 13. The fraction of sp³-hybridized carbons (Fsp3) is 0.188. The Morgan fingerprint density at radius 1 is 0.909 bits per heavy atom. The van der Waals surface area contributed by atoms with E-state index in [0.717, 1.165) is 11.1 Å². The predicted octanol–water partition coefficient (Wildman–Crippen LogP) is 6.26. The van der Waals surface area contributed by atoms with E-state index < -0.39 is 15.9 Å². The number of hydrogen-bond acceptors (Lipinski definition) is 7. The van der Waals surface area contributed by atoms with Gasteiger partial charge in [0.15, 0.2) is 11.5 Å². The lowest BCUT2D eigenvalue weighted by molar-refractivity contribution is -0.117. The van der Waals surface area contributed by atoms with E-state index in [1.54, 1.807) is 56.7 Å². The van der Waals surface area contributed by atoms with Gasteiger partial charge in [0.05, 0.1) is 25.7 Å². The number of methoxy groups -OCH3 is 2. The molecular weight excluding hydrogens is 625 g/mol. The molecule has 0 radical (unpaired) electrons. The Bertz CT molecular complexity index is 1780. The quantitative estimate of drug-likeness (QED) is 0.133. The van der Waals surface area contributed by atoms with Crippen LogP contribution in [-0.4, -0.2) is 39.4 Å². The van der Waals surface area contributed by atoms with Crippen molar-refractivity contribution in [2.24, 2.45) is 0 Å². The average molecular weight is 655 g/mol. The van der Waals surface area contributed by atoms with Gasteiger partial charge in [-0.3, -0.25) is 4.79 Å². The summed E-state index contributed by atoms with van der Waals surface area (Å²) in [4.78, 5) is 12.8. The lowest BCUT2D eigenvalue weighted by Gasteiger charge is -2.21. The maximum Gasteiger partial charge on any atom is 0.262 e. The van der Waals surface area contributed by atoms with Gasteiger partial charge in [-0.2, -0.15) is 9.57 Å². The first-order valence-corrected chi connectivity index (χ1v) is 15.5. The van der Waals surface area contributed by atoms with Crippen LogP contribution in [0.2, 0.25) is 10.0 Å². The summed E-state index contributed by atoms with van der Waals surface area (Å²) >= 11 is 12.0. The lowest BCUT2D eigenvalue weighted by Crippen LogP contribution is -2.30. The molecule has 0 aliphatic heterocycles. The van der Waals surface area contributed by atoms with Crippen molar-refractivity contribution in [3.8, 4) is 17.6 Å². The molecule has 0 unspecified atom stereocenters. The Morgan fingerprint density at radius 3 is 2.18 bits per heavy atom. The van der Waals surface area contributed by atoms with Gasteiger partial charge in [0.25, 0.3) is 5.91 Å². The molecule has 44 heavy (non-hydrogen) atoms. The van der Waals surface area contributed by atoms with Crippen LogP contribution in [0.3, 0.4) is 0 Å². The summed E-state index contributed by atoms with van der Waals surface area (Å²) in [5, 5.41) is 13.3. The molecule has 12 heteroatoms. The second-order valence-electron chi connectivity index (χ2n) is 9.52. The number of carbonyl (C=O) groups excluding carboxylic acids is 1. The molecule has 0 saturated heterocycles. The van der Waals surface area contributed by atoms with E-state index in [4.69, 9.17) is 37.1 Å². The number of benzene rings is 3. The minimum absolute atomic E-state index is 0.0416. The van der Waals surface area contributed by atoms with E-state index in [1.165, 1.54) is 34.6 Å². The molecule has 9 nitrogen and oxygen atoms in total. The smallest absolute Gasteiger partial charge is 0.262 e.